The second kappa shape index (κ2) is 8.03. The molecule has 0 heterocycles. The molecule has 0 radical (unpaired) electrons. The van der Waals surface area contributed by atoms with E-state index in [1.165, 1.54) is 12.1 Å². The van der Waals surface area contributed by atoms with Gasteiger partial charge in [0, 0.05) is 5.69 Å². The molecule has 138 valence electrons. The van der Waals surface area contributed by atoms with E-state index in [9.17, 15) is 22.8 Å². The maximum absolute atomic E-state index is 12.7. The summed E-state index contributed by atoms with van der Waals surface area (Å²) in [6.45, 7) is 3.45. The Hall–Kier alpha value is -2.83. The number of benzene rings is 2. The van der Waals surface area contributed by atoms with Crippen LogP contribution in [-0.2, 0) is 22.2 Å². The van der Waals surface area contributed by atoms with Crippen molar-refractivity contribution in [2.45, 2.75) is 26.4 Å². The Kier molecular flexibility index (Phi) is 6.02. The van der Waals surface area contributed by atoms with Crippen LogP contribution in [0.15, 0.2) is 42.5 Å². The van der Waals surface area contributed by atoms with Gasteiger partial charge >= 0.3 is 6.18 Å². The third-order valence-corrected chi connectivity index (χ3v) is 3.81. The monoisotopic (exact) mass is 364 g/mol. The van der Waals surface area contributed by atoms with E-state index in [-0.39, 0.29) is 18.5 Å². The third kappa shape index (κ3) is 5.34. The quantitative estimate of drug-likeness (QED) is 0.851. The molecule has 2 aromatic rings. The minimum Gasteiger partial charge on any atom is -0.347 e. The predicted octanol–water partition coefficient (Wildman–Crippen LogP) is 3.62. The highest BCUT2D eigenvalue weighted by Gasteiger charge is 2.30. The van der Waals surface area contributed by atoms with Crippen LogP contribution in [0.5, 0.6) is 0 Å². The van der Waals surface area contributed by atoms with Gasteiger partial charge in [-0.25, -0.2) is 0 Å². The summed E-state index contributed by atoms with van der Waals surface area (Å²) < 4.78 is 38.0. The summed E-state index contributed by atoms with van der Waals surface area (Å²) in [6, 6.07) is 10.1. The number of hydrogen-bond acceptors (Lipinski definition) is 2. The van der Waals surface area contributed by atoms with Crippen LogP contribution in [0.2, 0.25) is 0 Å². The largest absolute Gasteiger partial charge is 0.416 e. The zero-order chi connectivity index (χ0) is 19.3. The van der Waals surface area contributed by atoms with Crippen molar-refractivity contribution in [2.75, 3.05) is 11.9 Å². The van der Waals surface area contributed by atoms with Gasteiger partial charge in [0.15, 0.2) is 0 Å². The average Bonchev–Trinajstić information content (AvgIpc) is 2.56. The van der Waals surface area contributed by atoms with Gasteiger partial charge in [0.2, 0.25) is 11.8 Å². The van der Waals surface area contributed by atoms with E-state index in [0.29, 0.717) is 5.69 Å². The molecule has 2 N–H and O–H groups in total. The number of para-hydroxylation sites is 1. The lowest BCUT2D eigenvalue weighted by Crippen LogP contribution is -2.34. The Balaban J connectivity index is 1.90. The van der Waals surface area contributed by atoms with Gasteiger partial charge in [-0.1, -0.05) is 36.4 Å². The maximum Gasteiger partial charge on any atom is 0.416 e. The molecular formula is C19H19F3N2O2. The number of aryl methyl sites for hydroxylation is 2. The van der Waals surface area contributed by atoms with Crippen molar-refractivity contribution in [1.82, 2.24) is 5.32 Å². The molecule has 4 nitrogen and oxygen atoms in total. The molecule has 0 aliphatic carbocycles. The van der Waals surface area contributed by atoms with E-state index in [1.807, 2.05) is 32.0 Å². The van der Waals surface area contributed by atoms with Crippen LogP contribution in [0.3, 0.4) is 0 Å². The number of rotatable bonds is 5. The fourth-order valence-electron chi connectivity index (χ4n) is 2.48. The Morgan fingerprint density at radius 1 is 0.962 bits per heavy atom. The SMILES string of the molecule is Cc1cccc(C)c1NC(=O)CNC(=O)Cc1cccc(C(F)(F)F)c1. The van der Waals surface area contributed by atoms with E-state index < -0.39 is 23.6 Å². The second-order valence-corrected chi connectivity index (χ2v) is 5.97. The summed E-state index contributed by atoms with van der Waals surface area (Å²) in [6.07, 6.45) is -4.70. The average molecular weight is 364 g/mol. The number of carbonyl (C=O) groups excluding carboxylic acids is 2. The van der Waals surface area contributed by atoms with Crippen LogP contribution in [0.25, 0.3) is 0 Å². The molecule has 2 amide bonds. The number of hydrogen-bond donors (Lipinski definition) is 2. The van der Waals surface area contributed by atoms with Gasteiger partial charge in [0.25, 0.3) is 0 Å². The molecule has 0 bridgehead atoms. The van der Waals surface area contributed by atoms with E-state index in [0.717, 1.165) is 23.3 Å². The standard InChI is InChI=1S/C19H19F3N2O2/c1-12-5-3-6-13(2)18(12)24-17(26)11-23-16(25)10-14-7-4-8-15(9-14)19(20,21)22/h3-9H,10-11H2,1-2H3,(H,23,25)(H,24,26). The first kappa shape index (κ1) is 19.5. The number of carbonyl (C=O) groups is 2. The van der Waals surface area contributed by atoms with Gasteiger partial charge < -0.3 is 10.6 Å². The van der Waals surface area contributed by atoms with Crippen molar-refractivity contribution < 1.29 is 22.8 Å². The van der Waals surface area contributed by atoms with E-state index in [2.05, 4.69) is 10.6 Å². The van der Waals surface area contributed by atoms with Gasteiger partial charge in [0.1, 0.15) is 0 Å². The fraction of sp³-hybridized carbons (Fsp3) is 0.263. The van der Waals surface area contributed by atoms with Crippen LogP contribution in [0, 0.1) is 13.8 Å². The van der Waals surface area contributed by atoms with Crippen LogP contribution >= 0.6 is 0 Å². The van der Waals surface area contributed by atoms with Gasteiger partial charge in [-0.05, 0) is 36.6 Å². The highest BCUT2D eigenvalue weighted by atomic mass is 19.4. The third-order valence-electron chi connectivity index (χ3n) is 3.81. The van der Waals surface area contributed by atoms with E-state index in [1.54, 1.807) is 0 Å². The van der Waals surface area contributed by atoms with E-state index in [4.69, 9.17) is 0 Å². The lowest BCUT2D eigenvalue weighted by atomic mass is 10.1. The van der Waals surface area contributed by atoms with Crippen molar-refractivity contribution in [1.29, 1.82) is 0 Å². The first-order valence-corrected chi connectivity index (χ1v) is 7.95. The lowest BCUT2D eigenvalue weighted by molar-refractivity contribution is -0.137. The van der Waals surface area contributed by atoms with Crippen molar-refractivity contribution in [3.8, 4) is 0 Å². The van der Waals surface area contributed by atoms with Crippen LogP contribution in [0.1, 0.15) is 22.3 Å². The minimum absolute atomic E-state index is 0.229. The normalized spacial score (nSPS) is 11.1. The number of anilines is 1. The molecule has 0 aliphatic heterocycles. The number of nitrogens with one attached hydrogen (secondary N) is 2. The molecular weight excluding hydrogens is 345 g/mol. The van der Waals surface area contributed by atoms with E-state index >= 15 is 0 Å². The highest BCUT2D eigenvalue weighted by Crippen LogP contribution is 2.29. The van der Waals surface area contributed by atoms with Crippen molar-refractivity contribution >= 4 is 17.5 Å². The van der Waals surface area contributed by atoms with Crippen molar-refractivity contribution in [3.05, 3.63) is 64.7 Å². The molecule has 2 rings (SSSR count). The van der Waals surface area contributed by atoms with Crippen molar-refractivity contribution in [3.63, 3.8) is 0 Å². The summed E-state index contributed by atoms with van der Waals surface area (Å²) in [5, 5.41) is 5.14. The molecule has 0 saturated heterocycles. The second-order valence-electron chi connectivity index (χ2n) is 5.97. The molecule has 0 unspecified atom stereocenters. The lowest BCUT2D eigenvalue weighted by Gasteiger charge is -2.12. The highest BCUT2D eigenvalue weighted by molar-refractivity contribution is 5.95. The molecule has 0 aromatic heterocycles. The van der Waals surface area contributed by atoms with Gasteiger partial charge in [-0.3, -0.25) is 9.59 Å². The van der Waals surface area contributed by atoms with Crippen molar-refractivity contribution in [2.24, 2.45) is 0 Å². The Bertz CT molecular complexity index is 796. The number of amides is 2. The molecule has 0 atom stereocenters. The first-order chi connectivity index (χ1) is 12.2. The molecule has 0 fully saturated rings. The molecule has 26 heavy (non-hydrogen) atoms. The molecule has 0 aliphatic rings. The molecule has 2 aromatic carbocycles. The zero-order valence-corrected chi connectivity index (χ0v) is 14.4. The summed E-state index contributed by atoms with van der Waals surface area (Å²) >= 11 is 0. The Labute approximate surface area is 149 Å². The number of halogens is 3. The Morgan fingerprint density at radius 3 is 2.19 bits per heavy atom. The zero-order valence-electron chi connectivity index (χ0n) is 14.4. The maximum atomic E-state index is 12.7. The van der Waals surface area contributed by atoms with Gasteiger partial charge in [-0.15, -0.1) is 0 Å². The summed E-state index contributed by atoms with van der Waals surface area (Å²) in [7, 11) is 0. The summed E-state index contributed by atoms with van der Waals surface area (Å²) in [5.74, 6) is -0.930. The summed E-state index contributed by atoms with van der Waals surface area (Å²) in [4.78, 5) is 23.9. The Morgan fingerprint density at radius 2 is 1.58 bits per heavy atom. The van der Waals surface area contributed by atoms with Gasteiger partial charge in [0.05, 0.1) is 18.5 Å². The molecule has 0 saturated carbocycles. The summed E-state index contributed by atoms with van der Waals surface area (Å²) in [5.41, 5.74) is 1.90. The molecule has 7 heteroatoms. The fourth-order valence-corrected chi connectivity index (χ4v) is 2.48. The van der Waals surface area contributed by atoms with Crippen LogP contribution < -0.4 is 10.6 Å². The van der Waals surface area contributed by atoms with Crippen LogP contribution in [-0.4, -0.2) is 18.4 Å². The smallest absolute Gasteiger partial charge is 0.347 e. The van der Waals surface area contributed by atoms with Crippen LogP contribution in [0.4, 0.5) is 18.9 Å². The van der Waals surface area contributed by atoms with Gasteiger partial charge in [-0.2, -0.15) is 13.2 Å². The topological polar surface area (TPSA) is 58.2 Å². The number of alkyl halides is 3. The minimum atomic E-state index is -4.46. The first-order valence-electron chi connectivity index (χ1n) is 7.95. The molecule has 0 spiro atoms. The predicted molar refractivity (Wildman–Crippen MR) is 92.7 cm³/mol.